The Morgan fingerprint density at radius 2 is 1.72 bits per heavy atom. The minimum Gasteiger partial charge on any atom is -0.368 e. The van der Waals surface area contributed by atoms with Crippen molar-refractivity contribution in [2.75, 3.05) is 11.1 Å². The topological polar surface area (TPSA) is 98.0 Å². The molecule has 0 bridgehead atoms. The first-order chi connectivity index (χ1) is 13.9. The number of hydrogen-bond donors (Lipinski definition) is 2. The van der Waals surface area contributed by atoms with Crippen molar-refractivity contribution in [1.29, 1.82) is 0 Å². The molecule has 0 saturated heterocycles. The van der Waals surface area contributed by atoms with Crippen LogP contribution in [0, 0.1) is 6.92 Å². The second-order valence-electron chi connectivity index (χ2n) is 7.33. The average Bonchev–Trinajstić information content (AvgIpc) is 2.67. The Morgan fingerprint density at radius 1 is 1.03 bits per heavy atom. The van der Waals surface area contributed by atoms with Crippen LogP contribution in [0.15, 0.2) is 48.5 Å². The highest BCUT2D eigenvalue weighted by Gasteiger charge is 2.31. The van der Waals surface area contributed by atoms with E-state index in [1.165, 1.54) is 6.92 Å². The van der Waals surface area contributed by atoms with Crippen molar-refractivity contribution in [2.24, 2.45) is 0 Å². The van der Waals surface area contributed by atoms with Crippen molar-refractivity contribution < 1.29 is 9.59 Å². The number of nitrogens with zero attached hydrogens (tertiary/aromatic N) is 2. The van der Waals surface area contributed by atoms with Gasteiger partial charge in [0.1, 0.15) is 0 Å². The van der Waals surface area contributed by atoms with Crippen LogP contribution in [0.5, 0.6) is 0 Å². The van der Waals surface area contributed by atoms with Gasteiger partial charge in [0.05, 0.1) is 17.0 Å². The quantitative estimate of drug-likeness (QED) is 0.711. The molecule has 1 unspecified atom stereocenters. The lowest BCUT2D eigenvalue weighted by Crippen LogP contribution is -2.23. The highest BCUT2D eigenvalue weighted by atomic mass is 16.1. The highest BCUT2D eigenvalue weighted by molar-refractivity contribution is 6.00. The standard InChI is InChI=1S/C23H22N4O2/c1-13-22-20(27-23(24)25-13)11-15(12-21(22)29)16-7-3-4-8-17(16)18-9-5-6-10-19(18)26-14(2)28/h3-10,15H,11-12H2,1-2H3,(H,26,28)(H2,24,25,27). The number of aryl methyl sites for hydroxylation is 1. The van der Waals surface area contributed by atoms with Crippen LogP contribution in [-0.4, -0.2) is 21.7 Å². The molecule has 29 heavy (non-hydrogen) atoms. The molecule has 0 aliphatic heterocycles. The van der Waals surface area contributed by atoms with Gasteiger partial charge in [0.15, 0.2) is 5.78 Å². The summed E-state index contributed by atoms with van der Waals surface area (Å²) in [6, 6.07) is 15.7. The summed E-state index contributed by atoms with van der Waals surface area (Å²) in [5.41, 5.74) is 11.5. The molecule has 0 fully saturated rings. The molecule has 0 saturated carbocycles. The smallest absolute Gasteiger partial charge is 0.221 e. The number of para-hydroxylation sites is 1. The zero-order valence-corrected chi connectivity index (χ0v) is 16.4. The van der Waals surface area contributed by atoms with Gasteiger partial charge in [-0.2, -0.15) is 0 Å². The normalized spacial score (nSPS) is 15.7. The van der Waals surface area contributed by atoms with Crippen LogP contribution in [0.3, 0.4) is 0 Å². The predicted octanol–water partition coefficient (Wildman–Crippen LogP) is 3.91. The summed E-state index contributed by atoms with van der Waals surface area (Å²) in [5.74, 6) is 0.0855. The lowest BCUT2D eigenvalue weighted by Gasteiger charge is -2.26. The molecule has 1 atom stereocenters. The van der Waals surface area contributed by atoms with Gasteiger partial charge in [0.2, 0.25) is 11.9 Å². The maximum absolute atomic E-state index is 12.9. The van der Waals surface area contributed by atoms with Crippen LogP contribution >= 0.6 is 0 Å². The number of anilines is 2. The Labute approximate surface area is 169 Å². The first kappa shape index (κ1) is 18.8. The number of aromatic nitrogens is 2. The van der Waals surface area contributed by atoms with Gasteiger partial charge in [0, 0.05) is 24.6 Å². The Kier molecular flexibility index (Phi) is 4.84. The Bertz CT molecular complexity index is 1120. The molecule has 3 aromatic rings. The molecule has 2 aromatic carbocycles. The number of ketones is 1. The Balaban J connectivity index is 1.79. The van der Waals surface area contributed by atoms with E-state index in [1.807, 2.05) is 48.5 Å². The molecule has 3 N–H and O–H groups in total. The first-order valence-corrected chi connectivity index (χ1v) is 9.56. The predicted molar refractivity (Wildman–Crippen MR) is 113 cm³/mol. The number of rotatable bonds is 3. The van der Waals surface area contributed by atoms with Gasteiger partial charge in [-0.3, -0.25) is 9.59 Å². The largest absolute Gasteiger partial charge is 0.368 e. The first-order valence-electron chi connectivity index (χ1n) is 9.56. The van der Waals surface area contributed by atoms with Gasteiger partial charge in [0.25, 0.3) is 0 Å². The number of nitrogens with one attached hydrogen (secondary N) is 1. The molecule has 1 aromatic heterocycles. The summed E-state index contributed by atoms with van der Waals surface area (Å²) in [5, 5.41) is 2.90. The molecular weight excluding hydrogens is 364 g/mol. The maximum Gasteiger partial charge on any atom is 0.221 e. The lowest BCUT2D eigenvalue weighted by atomic mass is 9.78. The summed E-state index contributed by atoms with van der Waals surface area (Å²) >= 11 is 0. The second kappa shape index (κ2) is 7.47. The number of Topliss-reactive ketones (excluding diaryl/α,β-unsaturated/α-hetero) is 1. The van der Waals surface area contributed by atoms with E-state index >= 15 is 0 Å². The molecule has 0 radical (unpaired) electrons. The fourth-order valence-corrected chi connectivity index (χ4v) is 4.13. The number of nitrogen functional groups attached to an aromatic ring is 1. The number of fused-ring (bicyclic) bond motifs is 1. The number of hydrogen-bond acceptors (Lipinski definition) is 5. The average molecular weight is 386 g/mol. The Morgan fingerprint density at radius 3 is 2.48 bits per heavy atom. The molecular formula is C23H22N4O2. The van der Waals surface area contributed by atoms with Crippen molar-refractivity contribution in [3.05, 3.63) is 71.0 Å². The highest BCUT2D eigenvalue weighted by Crippen LogP contribution is 2.39. The van der Waals surface area contributed by atoms with Crippen LogP contribution in [0.4, 0.5) is 11.6 Å². The van der Waals surface area contributed by atoms with Crippen molar-refractivity contribution in [2.45, 2.75) is 32.6 Å². The van der Waals surface area contributed by atoms with E-state index in [9.17, 15) is 9.59 Å². The number of benzene rings is 2. The fourth-order valence-electron chi connectivity index (χ4n) is 4.13. The fraction of sp³-hybridized carbons (Fsp3) is 0.217. The third-order valence-corrected chi connectivity index (χ3v) is 5.26. The molecule has 6 nitrogen and oxygen atoms in total. The summed E-state index contributed by atoms with van der Waals surface area (Å²) in [7, 11) is 0. The van der Waals surface area contributed by atoms with Crippen LogP contribution in [0.2, 0.25) is 0 Å². The summed E-state index contributed by atoms with van der Waals surface area (Å²) in [6.45, 7) is 3.29. The molecule has 0 spiro atoms. The van der Waals surface area contributed by atoms with Crippen LogP contribution in [-0.2, 0) is 11.2 Å². The third-order valence-electron chi connectivity index (χ3n) is 5.26. The Hall–Kier alpha value is -3.54. The van der Waals surface area contributed by atoms with Crippen molar-refractivity contribution >= 4 is 23.3 Å². The van der Waals surface area contributed by atoms with E-state index in [0.717, 1.165) is 22.4 Å². The summed E-state index contributed by atoms with van der Waals surface area (Å²) in [4.78, 5) is 33.0. The van der Waals surface area contributed by atoms with Gasteiger partial charge >= 0.3 is 0 Å². The van der Waals surface area contributed by atoms with Crippen LogP contribution in [0.1, 0.15) is 46.6 Å². The zero-order chi connectivity index (χ0) is 20.5. The van der Waals surface area contributed by atoms with Crippen molar-refractivity contribution in [3.8, 4) is 11.1 Å². The van der Waals surface area contributed by atoms with E-state index in [-0.39, 0.29) is 23.6 Å². The van der Waals surface area contributed by atoms with Gasteiger partial charge in [-0.25, -0.2) is 9.97 Å². The van der Waals surface area contributed by atoms with E-state index < -0.39 is 0 Å². The minimum absolute atomic E-state index is 0.0229. The van der Waals surface area contributed by atoms with E-state index in [1.54, 1.807) is 6.92 Å². The van der Waals surface area contributed by atoms with Crippen molar-refractivity contribution in [1.82, 2.24) is 9.97 Å². The van der Waals surface area contributed by atoms with E-state index in [4.69, 9.17) is 5.73 Å². The van der Waals surface area contributed by atoms with E-state index in [0.29, 0.717) is 29.8 Å². The molecule has 1 heterocycles. The summed E-state index contributed by atoms with van der Waals surface area (Å²) < 4.78 is 0. The number of nitrogens with two attached hydrogens (primary N) is 1. The molecule has 1 aliphatic carbocycles. The zero-order valence-electron chi connectivity index (χ0n) is 16.4. The van der Waals surface area contributed by atoms with Gasteiger partial charge in [-0.15, -0.1) is 0 Å². The minimum atomic E-state index is -0.126. The van der Waals surface area contributed by atoms with Crippen LogP contribution in [0.25, 0.3) is 11.1 Å². The molecule has 4 rings (SSSR count). The third kappa shape index (κ3) is 3.61. The van der Waals surface area contributed by atoms with Crippen molar-refractivity contribution in [3.63, 3.8) is 0 Å². The monoisotopic (exact) mass is 386 g/mol. The number of carbonyl (C=O) groups is 2. The molecule has 146 valence electrons. The van der Waals surface area contributed by atoms with Gasteiger partial charge in [-0.05, 0) is 36.5 Å². The van der Waals surface area contributed by atoms with Gasteiger partial charge < -0.3 is 11.1 Å². The number of carbonyl (C=O) groups excluding carboxylic acids is 2. The second-order valence-corrected chi connectivity index (χ2v) is 7.33. The molecule has 6 heteroatoms. The molecule has 1 aliphatic rings. The summed E-state index contributed by atoms with van der Waals surface area (Å²) in [6.07, 6.45) is 1.01. The SMILES string of the molecule is CC(=O)Nc1ccccc1-c1ccccc1C1CC(=O)c2c(C)nc(N)nc2C1. The molecule has 1 amide bonds. The van der Waals surface area contributed by atoms with E-state index in [2.05, 4.69) is 15.3 Å². The maximum atomic E-state index is 12.9. The van der Waals surface area contributed by atoms with Crippen LogP contribution < -0.4 is 11.1 Å². The number of amides is 1. The lowest BCUT2D eigenvalue weighted by molar-refractivity contribution is -0.114. The van der Waals surface area contributed by atoms with Gasteiger partial charge in [-0.1, -0.05) is 42.5 Å².